The second-order valence-electron chi connectivity index (χ2n) is 6.88. The third-order valence-corrected chi connectivity index (χ3v) is 5.74. The zero-order valence-electron chi connectivity index (χ0n) is 18.3. The van der Waals surface area contributed by atoms with E-state index in [1.165, 1.54) is 19.1 Å². The van der Waals surface area contributed by atoms with Gasteiger partial charge in [-0.2, -0.15) is 5.26 Å². The van der Waals surface area contributed by atoms with Crippen LogP contribution in [-0.4, -0.2) is 32.8 Å². The molecule has 8 nitrogen and oxygen atoms in total. The Morgan fingerprint density at radius 3 is 2.36 bits per heavy atom. The van der Waals surface area contributed by atoms with Crippen LogP contribution in [0.3, 0.4) is 0 Å². The van der Waals surface area contributed by atoms with Crippen molar-refractivity contribution in [2.75, 3.05) is 25.7 Å². The van der Waals surface area contributed by atoms with Gasteiger partial charge in [-0.15, -0.1) is 0 Å². The fraction of sp³-hybridized carbons (Fsp3) is 0.208. The SMILES string of the molecule is CCOc1cc(N2C(N)=C(C#N)C(c3ccccc3)C(C(=O)OC)=C2C(=O)OC)ccc1Br. The van der Waals surface area contributed by atoms with E-state index in [9.17, 15) is 14.9 Å². The van der Waals surface area contributed by atoms with Crippen molar-refractivity contribution in [3.63, 3.8) is 0 Å². The molecule has 3 rings (SSSR count). The van der Waals surface area contributed by atoms with Gasteiger partial charge in [0.25, 0.3) is 0 Å². The predicted octanol–water partition coefficient (Wildman–Crippen LogP) is 3.75. The smallest absolute Gasteiger partial charge is 0.355 e. The van der Waals surface area contributed by atoms with Crippen LogP contribution in [0.5, 0.6) is 5.75 Å². The maximum Gasteiger partial charge on any atom is 0.355 e. The highest BCUT2D eigenvalue weighted by molar-refractivity contribution is 9.10. The number of nitrogens with zero attached hydrogens (tertiary/aromatic N) is 2. The summed E-state index contributed by atoms with van der Waals surface area (Å²) in [6, 6.07) is 16.0. The molecule has 2 aromatic carbocycles. The number of rotatable bonds is 6. The minimum atomic E-state index is -0.921. The molecule has 0 amide bonds. The first-order chi connectivity index (χ1) is 15.9. The number of nitriles is 1. The molecule has 9 heteroatoms. The molecule has 2 N–H and O–H groups in total. The maximum absolute atomic E-state index is 13.0. The maximum atomic E-state index is 13.0. The Morgan fingerprint density at radius 2 is 1.79 bits per heavy atom. The molecule has 1 aliphatic rings. The Morgan fingerprint density at radius 1 is 1.12 bits per heavy atom. The van der Waals surface area contributed by atoms with Crippen molar-refractivity contribution in [2.45, 2.75) is 12.8 Å². The van der Waals surface area contributed by atoms with Crippen LogP contribution in [0.4, 0.5) is 5.69 Å². The second-order valence-corrected chi connectivity index (χ2v) is 7.74. The lowest BCUT2D eigenvalue weighted by Crippen LogP contribution is -2.40. The molecular formula is C24H22BrN3O5. The van der Waals surface area contributed by atoms with Crippen LogP contribution < -0.4 is 15.4 Å². The minimum Gasteiger partial charge on any atom is -0.493 e. The molecular weight excluding hydrogens is 490 g/mol. The van der Waals surface area contributed by atoms with Gasteiger partial charge in [0.05, 0.1) is 54.1 Å². The van der Waals surface area contributed by atoms with Crippen molar-refractivity contribution < 1.29 is 23.8 Å². The molecule has 2 aromatic rings. The van der Waals surface area contributed by atoms with Gasteiger partial charge in [0.1, 0.15) is 17.3 Å². The van der Waals surface area contributed by atoms with Crippen molar-refractivity contribution in [1.82, 2.24) is 0 Å². The Labute approximate surface area is 200 Å². The summed E-state index contributed by atoms with van der Waals surface area (Å²) in [5, 5.41) is 10.1. The summed E-state index contributed by atoms with van der Waals surface area (Å²) in [7, 11) is 2.41. The van der Waals surface area contributed by atoms with E-state index in [1.54, 1.807) is 48.5 Å². The van der Waals surface area contributed by atoms with Crippen LogP contribution >= 0.6 is 15.9 Å². The third kappa shape index (κ3) is 4.43. The Bertz CT molecular complexity index is 1180. The lowest BCUT2D eigenvalue weighted by Gasteiger charge is -2.36. The fourth-order valence-electron chi connectivity index (χ4n) is 3.68. The molecule has 1 atom stereocenters. The number of hydrogen-bond acceptors (Lipinski definition) is 8. The van der Waals surface area contributed by atoms with Crippen molar-refractivity contribution in [3.8, 4) is 11.8 Å². The first-order valence-corrected chi connectivity index (χ1v) is 10.8. The molecule has 0 fully saturated rings. The van der Waals surface area contributed by atoms with Crippen LogP contribution in [0, 0.1) is 11.3 Å². The zero-order valence-corrected chi connectivity index (χ0v) is 19.9. The van der Waals surface area contributed by atoms with Crippen molar-refractivity contribution in [1.29, 1.82) is 5.26 Å². The predicted molar refractivity (Wildman–Crippen MR) is 125 cm³/mol. The number of carbonyl (C=O) groups is 2. The van der Waals surface area contributed by atoms with Crippen LogP contribution in [0.2, 0.25) is 0 Å². The first-order valence-electron chi connectivity index (χ1n) is 9.97. The van der Waals surface area contributed by atoms with E-state index in [2.05, 4.69) is 22.0 Å². The number of halogens is 1. The minimum absolute atomic E-state index is 0.0100. The summed E-state index contributed by atoms with van der Waals surface area (Å²) in [6.07, 6.45) is 0. The quantitative estimate of drug-likeness (QED) is 0.583. The number of allylic oxidation sites excluding steroid dienone is 1. The lowest BCUT2D eigenvalue weighted by atomic mass is 9.81. The molecule has 1 unspecified atom stereocenters. The Hall–Kier alpha value is -3.77. The van der Waals surface area contributed by atoms with E-state index in [1.807, 2.05) is 6.92 Å². The molecule has 1 aliphatic heterocycles. The summed E-state index contributed by atoms with van der Waals surface area (Å²) in [6.45, 7) is 2.24. The van der Waals surface area contributed by atoms with Gasteiger partial charge in [-0.25, -0.2) is 9.59 Å². The average molecular weight is 512 g/mol. The highest BCUT2D eigenvalue weighted by Gasteiger charge is 2.43. The zero-order chi connectivity index (χ0) is 24.1. The van der Waals surface area contributed by atoms with E-state index in [-0.39, 0.29) is 22.7 Å². The van der Waals surface area contributed by atoms with Crippen LogP contribution in [-0.2, 0) is 19.1 Å². The second kappa shape index (κ2) is 10.2. The first kappa shape index (κ1) is 23.9. The number of hydrogen-bond donors (Lipinski definition) is 1. The largest absolute Gasteiger partial charge is 0.493 e. The summed E-state index contributed by atoms with van der Waals surface area (Å²) in [5.74, 6) is -2.02. The van der Waals surface area contributed by atoms with E-state index < -0.39 is 17.9 Å². The molecule has 0 aromatic heterocycles. The molecule has 0 saturated heterocycles. The van der Waals surface area contributed by atoms with E-state index in [4.69, 9.17) is 19.9 Å². The number of esters is 2. The molecule has 0 radical (unpaired) electrons. The summed E-state index contributed by atoms with van der Waals surface area (Å²) < 4.78 is 16.4. The molecule has 0 aliphatic carbocycles. The highest BCUT2D eigenvalue weighted by Crippen LogP contribution is 2.44. The van der Waals surface area contributed by atoms with E-state index in [0.717, 1.165) is 0 Å². The average Bonchev–Trinajstić information content (AvgIpc) is 2.84. The third-order valence-electron chi connectivity index (χ3n) is 5.08. The summed E-state index contributed by atoms with van der Waals surface area (Å²) in [4.78, 5) is 27.4. The van der Waals surface area contributed by atoms with Gasteiger partial charge in [-0.1, -0.05) is 30.3 Å². The van der Waals surface area contributed by atoms with Gasteiger partial charge in [0.15, 0.2) is 0 Å². The molecule has 1 heterocycles. The number of ether oxygens (including phenoxy) is 3. The highest BCUT2D eigenvalue weighted by atomic mass is 79.9. The van der Waals surface area contributed by atoms with E-state index >= 15 is 0 Å². The topological polar surface area (TPSA) is 115 Å². The van der Waals surface area contributed by atoms with Crippen molar-refractivity contribution in [3.05, 3.63) is 81.2 Å². The molecule has 170 valence electrons. The van der Waals surface area contributed by atoms with Gasteiger partial charge < -0.3 is 19.9 Å². The van der Waals surface area contributed by atoms with Gasteiger partial charge in [0, 0.05) is 6.07 Å². The molecule has 0 bridgehead atoms. The van der Waals surface area contributed by atoms with Crippen LogP contribution in [0.25, 0.3) is 0 Å². The van der Waals surface area contributed by atoms with Crippen LogP contribution in [0.1, 0.15) is 18.4 Å². The number of nitrogens with two attached hydrogens (primary N) is 1. The Kier molecular flexibility index (Phi) is 7.41. The number of carbonyl (C=O) groups excluding carboxylic acids is 2. The van der Waals surface area contributed by atoms with E-state index in [0.29, 0.717) is 28.1 Å². The summed E-state index contributed by atoms with van der Waals surface area (Å²) in [5.41, 5.74) is 7.38. The normalized spacial score (nSPS) is 15.7. The summed E-state index contributed by atoms with van der Waals surface area (Å²) >= 11 is 3.42. The molecule has 0 spiro atoms. The standard InChI is InChI=1S/C24H22BrN3O5/c1-4-33-18-12-15(10-11-17(18)25)28-21(24(30)32-3)20(23(29)31-2)19(16(13-26)22(28)27)14-8-6-5-7-9-14/h5-12,19H,4,27H2,1-3H3. The fourth-order valence-corrected chi connectivity index (χ4v) is 4.04. The van der Waals surface area contributed by atoms with Crippen molar-refractivity contribution >= 4 is 33.6 Å². The number of benzene rings is 2. The van der Waals surface area contributed by atoms with Gasteiger partial charge in [-0.05, 0) is 40.5 Å². The number of anilines is 1. The Balaban J connectivity index is 2.39. The van der Waals surface area contributed by atoms with Gasteiger partial charge >= 0.3 is 11.9 Å². The molecule has 33 heavy (non-hydrogen) atoms. The van der Waals surface area contributed by atoms with Gasteiger partial charge in [0.2, 0.25) is 0 Å². The molecule has 0 saturated carbocycles. The number of methoxy groups -OCH3 is 2. The lowest BCUT2D eigenvalue weighted by molar-refractivity contribution is -0.139. The van der Waals surface area contributed by atoms with Crippen molar-refractivity contribution in [2.24, 2.45) is 5.73 Å². The van der Waals surface area contributed by atoms with Gasteiger partial charge in [-0.3, -0.25) is 4.90 Å². The van der Waals surface area contributed by atoms with Crippen LogP contribution in [0.15, 0.2) is 75.7 Å². The monoisotopic (exact) mass is 511 g/mol.